The fourth-order valence-corrected chi connectivity index (χ4v) is 3.57. The van der Waals surface area contributed by atoms with Crippen LogP contribution in [-0.2, 0) is 19.9 Å². The second-order valence-corrected chi connectivity index (χ2v) is 7.37. The number of benzene rings is 3. The summed E-state index contributed by atoms with van der Waals surface area (Å²) in [7, 11) is 0. The quantitative estimate of drug-likeness (QED) is 0.352. The van der Waals surface area contributed by atoms with E-state index in [0.717, 1.165) is 23.0 Å². The van der Waals surface area contributed by atoms with Gasteiger partial charge in [-0.3, -0.25) is 0 Å². The van der Waals surface area contributed by atoms with Gasteiger partial charge in [0.15, 0.2) is 0 Å². The minimum absolute atomic E-state index is 0.0707. The van der Waals surface area contributed by atoms with E-state index in [2.05, 4.69) is 50.2 Å². The van der Waals surface area contributed by atoms with E-state index in [0.29, 0.717) is 6.61 Å². The Morgan fingerprint density at radius 2 is 1.17 bits per heavy atom. The molecule has 0 heterocycles. The zero-order valence-electron chi connectivity index (χ0n) is 17.0. The molecule has 0 spiro atoms. The van der Waals surface area contributed by atoms with E-state index >= 15 is 0 Å². The van der Waals surface area contributed by atoms with Crippen molar-refractivity contribution in [2.45, 2.75) is 25.6 Å². The molecule has 29 heavy (non-hydrogen) atoms. The van der Waals surface area contributed by atoms with Gasteiger partial charge in [-0.15, -0.1) is 0 Å². The fraction of sp³-hybridized carbons (Fsp3) is 0.269. The third-order valence-electron chi connectivity index (χ3n) is 5.13. The van der Waals surface area contributed by atoms with E-state index in [1.807, 2.05) is 54.6 Å². The van der Waals surface area contributed by atoms with Crippen LogP contribution in [0.3, 0.4) is 0 Å². The van der Waals surface area contributed by atoms with Crippen LogP contribution in [0.15, 0.2) is 91.0 Å². The Hall–Kier alpha value is -2.75. The zero-order chi connectivity index (χ0) is 20.5. The van der Waals surface area contributed by atoms with Crippen molar-refractivity contribution in [1.29, 1.82) is 0 Å². The lowest BCUT2D eigenvalue weighted by Crippen LogP contribution is -2.37. The molecule has 3 heteroatoms. The van der Waals surface area contributed by atoms with Gasteiger partial charge in [0.25, 0.3) is 0 Å². The van der Waals surface area contributed by atoms with E-state index in [4.69, 9.17) is 9.47 Å². The SMILES string of the molecule is CC(C)C(COC(c1ccccc1)(c1ccccc1)c1ccccc1)OCC=O. The number of rotatable bonds is 10. The molecule has 0 aliphatic rings. The van der Waals surface area contributed by atoms with Crippen LogP contribution in [0.1, 0.15) is 30.5 Å². The summed E-state index contributed by atoms with van der Waals surface area (Å²) < 4.78 is 12.5. The molecule has 0 fully saturated rings. The van der Waals surface area contributed by atoms with Crippen molar-refractivity contribution in [1.82, 2.24) is 0 Å². The Morgan fingerprint density at radius 3 is 1.52 bits per heavy atom. The highest BCUT2D eigenvalue weighted by atomic mass is 16.5. The Kier molecular flexibility index (Phi) is 7.34. The largest absolute Gasteiger partial charge is 0.368 e. The molecule has 1 atom stereocenters. The van der Waals surface area contributed by atoms with Crippen molar-refractivity contribution in [3.63, 3.8) is 0 Å². The molecule has 0 aliphatic carbocycles. The van der Waals surface area contributed by atoms with Gasteiger partial charge in [0.1, 0.15) is 18.5 Å². The lowest BCUT2D eigenvalue weighted by Gasteiger charge is -2.37. The van der Waals surface area contributed by atoms with Crippen molar-refractivity contribution in [3.8, 4) is 0 Å². The van der Waals surface area contributed by atoms with Crippen molar-refractivity contribution in [2.24, 2.45) is 5.92 Å². The first-order valence-electron chi connectivity index (χ1n) is 10.0. The van der Waals surface area contributed by atoms with Gasteiger partial charge in [0.05, 0.1) is 12.7 Å². The summed E-state index contributed by atoms with van der Waals surface area (Å²) in [4.78, 5) is 10.8. The maximum Gasteiger partial charge on any atom is 0.145 e. The van der Waals surface area contributed by atoms with Gasteiger partial charge in [-0.05, 0) is 22.6 Å². The average molecular weight is 389 g/mol. The molecule has 0 aliphatic heterocycles. The summed E-state index contributed by atoms with van der Waals surface area (Å²) >= 11 is 0. The molecule has 3 aromatic rings. The molecule has 1 unspecified atom stereocenters. The molecule has 3 rings (SSSR count). The highest BCUT2D eigenvalue weighted by Gasteiger charge is 2.38. The molecule has 0 radical (unpaired) electrons. The number of hydrogen-bond acceptors (Lipinski definition) is 3. The van der Waals surface area contributed by atoms with E-state index in [1.165, 1.54) is 0 Å². The molecule has 0 bridgehead atoms. The number of hydrogen-bond donors (Lipinski definition) is 0. The predicted molar refractivity (Wildman–Crippen MR) is 116 cm³/mol. The average Bonchev–Trinajstić information content (AvgIpc) is 2.78. The molecule has 3 nitrogen and oxygen atoms in total. The molecule has 0 aromatic heterocycles. The third-order valence-corrected chi connectivity index (χ3v) is 5.13. The molecule has 0 saturated heterocycles. The van der Waals surface area contributed by atoms with E-state index in [-0.39, 0.29) is 18.6 Å². The van der Waals surface area contributed by atoms with Crippen LogP contribution >= 0.6 is 0 Å². The van der Waals surface area contributed by atoms with Crippen molar-refractivity contribution < 1.29 is 14.3 Å². The summed E-state index contributed by atoms with van der Waals surface area (Å²) in [5.41, 5.74) is 2.38. The fourth-order valence-electron chi connectivity index (χ4n) is 3.57. The van der Waals surface area contributed by atoms with E-state index < -0.39 is 5.60 Å². The minimum atomic E-state index is -0.776. The topological polar surface area (TPSA) is 35.5 Å². The van der Waals surface area contributed by atoms with Crippen LogP contribution in [0.25, 0.3) is 0 Å². The minimum Gasteiger partial charge on any atom is -0.368 e. The Bertz CT molecular complexity index is 764. The van der Waals surface area contributed by atoms with Crippen LogP contribution in [0.4, 0.5) is 0 Å². The number of carbonyl (C=O) groups is 1. The second-order valence-electron chi connectivity index (χ2n) is 7.37. The summed E-state index contributed by atoms with van der Waals surface area (Å²) in [6.07, 6.45) is 0.601. The van der Waals surface area contributed by atoms with Crippen LogP contribution in [0, 0.1) is 5.92 Å². The number of carbonyl (C=O) groups excluding carboxylic acids is 1. The molecular formula is C26H28O3. The number of aldehydes is 1. The molecule has 3 aromatic carbocycles. The summed E-state index contributed by atoms with van der Waals surface area (Å²) in [6, 6.07) is 30.8. The normalized spacial score (nSPS) is 12.7. The Morgan fingerprint density at radius 1 is 0.759 bits per heavy atom. The lowest BCUT2D eigenvalue weighted by molar-refractivity contribution is -0.119. The number of ether oxygens (including phenoxy) is 2. The zero-order valence-corrected chi connectivity index (χ0v) is 17.0. The monoisotopic (exact) mass is 388 g/mol. The lowest BCUT2D eigenvalue weighted by atomic mass is 9.80. The van der Waals surface area contributed by atoms with Crippen molar-refractivity contribution >= 4 is 6.29 Å². The van der Waals surface area contributed by atoms with Crippen LogP contribution in [-0.4, -0.2) is 25.6 Å². The van der Waals surface area contributed by atoms with Gasteiger partial charge in [0, 0.05) is 0 Å². The summed E-state index contributed by atoms with van der Waals surface area (Å²) in [5.74, 6) is 0.218. The van der Waals surface area contributed by atoms with E-state index in [9.17, 15) is 4.79 Å². The van der Waals surface area contributed by atoms with Gasteiger partial charge in [-0.2, -0.15) is 0 Å². The van der Waals surface area contributed by atoms with Gasteiger partial charge < -0.3 is 14.3 Å². The maximum atomic E-state index is 10.8. The molecule has 0 amide bonds. The van der Waals surface area contributed by atoms with Crippen molar-refractivity contribution in [2.75, 3.05) is 13.2 Å². The van der Waals surface area contributed by atoms with Crippen LogP contribution in [0.2, 0.25) is 0 Å². The maximum absolute atomic E-state index is 10.8. The van der Waals surface area contributed by atoms with Gasteiger partial charge >= 0.3 is 0 Å². The third kappa shape index (κ3) is 4.81. The van der Waals surface area contributed by atoms with Crippen molar-refractivity contribution in [3.05, 3.63) is 108 Å². The molecule has 0 saturated carbocycles. The van der Waals surface area contributed by atoms with Gasteiger partial charge in [-0.25, -0.2) is 0 Å². The Labute approximate surface area is 173 Å². The second kappa shape index (κ2) is 10.1. The molecule has 150 valence electrons. The first-order valence-corrected chi connectivity index (χ1v) is 10.0. The van der Waals surface area contributed by atoms with Gasteiger partial charge in [-0.1, -0.05) is 105 Å². The standard InChI is InChI=1S/C26H28O3/c1-21(2)25(28-19-18-27)20-29-26(22-12-6-3-7-13-22,23-14-8-4-9-15-23)24-16-10-5-11-17-24/h3-18,21,25H,19-20H2,1-2H3. The predicted octanol–water partition coefficient (Wildman–Crippen LogP) is 5.24. The molecule has 0 N–H and O–H groups in total. The first-order chi connectivity index (χ1) is 14.2. The smallest absolute Gasteiger partial charge is 0.145 e. The first kappa shape index (κ1) is 21.0. The van der Waals surface area contributed by atoms with E-state index in [1.54, 1.807) is 0 Å². The Balaban J connectivity index is 2.11. The van der Waals surface area contributed by atoms with Gasteiger partial charge in [0.2, 0.25) is 0 Å². The highest BCUT2D eigenvalue weighted by molar-refractivity contribution is 5.50. The highest BCUT2D eigenvalue weighted by Crippen LogP contribution is 2.40. The summed E-state index contributed by atoms with van der Waals surface area (Å²) in [5, 5.41) is 0. The van der Waals surface area contributed by atoms with Crippen LogP contribution < -0.4 is 0 Å². The van der Waals surface area contributed by atoms with Crippen LogP contribution in [0.5, 0.6) is 0 Å². The summed E-state index contributed by atoms with van der Waals surface area (Å²) in [6.45, 7) is 4.59. The molecular weight excluding hydrogens is 360 g/mol.